The van der Waals surface area contributed by atoms with E-state index in [4.69, 9.17) is 9.52 Å². The van der Waals surface area contributed by atoms with Crippen molar-refractivity contribution in [2.24, 2.45) is 4.99 Å². The molecule has 6 nitrogen and oxygen atoms in total. The second kappa shape index (κ2) is 8.01. The van der Waals surface area contributed by atoms with Gasteiger partial charge in [-0.1, -0.05) is 5.16 Å². The highest BCUT2D eigenvalue weighted by Gasteiger charge is 2.31. The molecular weight excluding hydrogens is 302 g/mol. The summed E-state index contributed by atoms with van der Waals surface area (Å²) in [6.45, 7) is 10.2. The molecule has 2 aliphatic rings. The van der Waals surface area contributed by atoms with Crippen LogP contribution in [0.25, 0.3) is 0 Å². The number of aliphatic imine (C=N–C) groups is 1. The van der Waals surface area contributed by atoms with Crippen LogP contribution in [0.4, 0.5) is 0 Å². The Hall–Kier alpha value is -1.56. The van der Waals surface area contributed by atoms with Crippen LogP contribution in [0, 0.1) is 13.8 Å². The first-order valence-electron chi connectivity index (χ1n) is 9.38. The smallest absolute Gasteiger partial charge is 0.191 e. The van der Waals surface area contributed by atoms with Crippen LogP contribution in [-0.2, 0) is 6.42 Å². The van der Waals surface area contributed by atoms with Gasteiger partial charge in [-0.2, -0.15) is 0 Å². The van der Waals surface area contributed by atoms with Crippen molar-refractivity contribution < 1.29 is 4.52 Å². The van der Waals surface area contributed by atoms with Gasteiger partial charge >= 0.3 is 0 Å². The minimum atomic E-state index is 0.539. The normalized spacial score (nSPS) is 20.4. The molecule has 134 valence electrons. The maximum Gasteiger partial charge on any atom is 0.191 e. The van der Waals surface area contributed by atoms with Gasteiger partial charge < -0.3 is 20.1 Å². The molecule has 0 radical (unpaired) electrons. The van der Waals surface area contributed by atoms with E-state index in [1.807, 2.05) is 13.8 Å². The van der Waals surface area contributed by atoms with E-state index < -0.39 is 0 Å². The number of likely N-dealkylation sites (tertiary alicyclic amines) is 1. The van der Waals surface area contributed by atoms with Gasteiger partial charge in [0.1, 0.15) is 5.76 Å². The molecule has 6 heteroatoms. The summed E-state index contributed by atoms with van der Waals surface area (Å²) in [7, 11) is 0. The molecule has 1 aromatic heterocycles. The van der Waals surface area contributed by atoms with E-state index in [1.165, 1.54) is 44.3 Å². The molecule has 2 N–H and O–H groups in total. The Morgan fingerprint density at radius 1 is 1.25 bits per heavy atom. The van der Waals surface area contributed by atoms with Crippen LogP contribution in [0.15, 0.2) is 9.52 Å². The Kier molecular flexibility index (Phi) is 5.76. The van der Waals surface area contributed by atoms with Crippen LogP contribution in [0.2, 0.25) is 0 Å². The molecular formula is C18H31N5O. The summed E-state index contributed by atoms with van der Waals surface area (Å²) in [5, 5.41) is 11.0. The number of hydrogen-bond acceptors (Lipinski definition) is 4. The SMILES string of the molecule is CCNC(=NCCc1c(C)noc1C)NC1CCN(C2CC2)CC1. The minimum Gasteiger partial charge on any atom is -0.361 e. The van der Waals surface area contributed by atoms with Gasteiger partial charge in [0.05, 0.1) is 5.69 Å². The van der Waals surface area contributed by atoms with Crippen LogP contribution in [-0.4, -0.2) is 54.3 Å². The molecule has 1 aliphatic heterocycles. The Labute approximate surface area is 145 Å². The number of nitrogens with one attached hydrogen (secondary N) is 2. The first-order valence-corrected chi connectivity index (χ1v) is 9.38. The number of piperidine rings is 1. The second-order valence-corrected chi connectivity index (χ2v) is 7.00. The fourth-order valence-electron chi connectivity index (χ4n) is 3.50. The van der Waals surface area contributed by atoms with Crippen LogP contribution in [0.5, 0.6) is 0 Å². The fourth-order valence-corrected chi connectivity index (χ4v) is 3.50. The largest absolute Gasteiger partial charge is 0.361 e. The zero-order valence-electron chi connectivity index (χ0n) is 15.3. The number of guanidine groups is 1. The Balaban J connectivity index is 1.48. The highest BCUT2D eigenvalue weighted by atomic mass is 16.5. The molecule has 3 rings (SSSR count). The predicted octanol–water partition coefficient (Wildman–Crippen LogP) is 2.02. The number of nitrogens with zero attached hydrogens (tertiary/aromatic N) is 3. The Bertz CT molecular complexity index is 536. The summed E-state index contributed by atoms with van der Waals surface area (Å²) in [5.41, 5.74) is 2.17. The van der Waals surface area contributed by atoms with Crippen molar-refractivity contribution in [1.82, 2.24) is 20.7 Å². The Morgan fingerprint density at radius 3 is 2.58 bits per heavy atom. The minimum absolute atomic E-state index is 0.539. The molecule has 0 atom stereocenters. The van der Waals surface area contributed by atoms with Crippen molar-refractivity contribution >= 4 is 5.96 Å². The number of aromatic nitrogens is 1. The molecule has 24 heavy (non-hydrogen) atoms. The third kappa shape index (κ3) is 4.50. The summed E-state index contributed by atoms with van der Waals surface area (Å²) < 4.78 is 5.22. The molecule has 1 aromatic rings. The van der Waals surface area contributed by atoms with E-state index in [0.29, 0.717) is 6.04 Å². The van der Waals surface area contributed by atoms with Gasteiger partial charge in [0.15, 0.2) is 5.96 Å². The van der Waals surface area contributed by atoms with Gasteiger partial charge in [-0.3, -0.25) is 4.99 Å². The molecule has 0 aromatic carbocycles. The highest BCUT2D eigenvalue weighted by Crippen LogP contribution is 2.29. The summed E-state index contributed by atoms with van der Waals surface area (Å²) in [6, 6.07) is 1.43. The van der Waals surface area contributed by atoms with Crippen molar-refractivity contribution in [3.05, 3.63) is 17.0 Å². The van der Waals surface area contributed by atoms with Crippen LogP contribution in [0.3, 0.4) is 0 Å². The molecule has 2 fully saturated rings. The quantitative estimate of drug-likeness (QED) is 0.616. The summed E-state index contributed by atoms with van der Waals surface area (Å²) in [5.74, 6) is 1.85. The third-order valence-electron chi connectivity index (χ3n) is 5.09. The fraction of sp³-hybridized carbons (Fsp3) is 0.778. The maximum atomic E-state index is 5.22. The van der Waals surface area contributed by atoms with E-state index in [9.17, 15) is 0 Å². The third-order valence-corrected chi connectivity index (χ3v) is 5.09. The van der Waals surface area contributed by atoms with Gasteiger partial charge in [0, 0.05) is 43.8 Å². The average Bonchev–Trinajstić information content (AvgIpc) is 3.37. The molecule has 1 aliphatic carbocycles. The van der Waals surface area contributed by atoms with Crippen molar-refractivity contribution in [2.45, 2.75) is 65.0 Å². The first-order chi connectivity index (χ1) is 11.7. The van der Waals surface area contributed by atoms with Crippen LogP contribution in [0.1, 0.15) is 49.6 Å². The lowest BCUT2D eigenvalue weighted by atomic mass is 10.1. The van der Waals surface area contributed by atoms with Gasteiger partial charge in [0.2, 0.25) is 0 Å². The van der Waals surface area contributed by atoms with Crippen molar-refractivity contribution in [2.75, 3.05) is 26.2 Å². The predicted molar refractivity (Wildman–Crippen MR) is 96.4 cm³/mol. The van der Waals surface area contributed by atoms with Gasteiger partial charge in [-0.15, -0.1) is 0 Å². The van der Waals surface area contributed by atoms with Gasteiger partial charge in [0.25, 0.3) is 0 Å². The standard InChI is InChI=1S/C18H31N5O/c1-4-19-18(20-10-7-17-13(2)22-24-14(17)3)21-15-8-11-23(12-9-15)16-5-6-16/h15-16H,4-12H2,1-3H3,(H2,19,20,21). The number of aryl methyl sites for hydroxylation is 2. The second-order valence-electron chi connectivity index (χ2n) is 7.00. The summed E-state index contributed by atoms with van der Waals surface area (Å²) >= 11 is 0. The number of rotatable bonds is 6. The van der Waals surface area contributed by atoms with E-state index >= 15 is 0 Å². The Morgan fingerprint density at radius 2 is 2.00 bits per heavy atom. The van der Waals surface area contributed by atoms with E-state index in [1.54, 1.807) is 0 Å². The molecule has 1 saturated heterocycles. The zero-order valence-corrected chi connectivity index (χ0v) is 15.3. The van der Waals surface area contributed by atoms with E-state index in [2.05, 4.69) is 27.6 Å². The van der Waals surface area contributed by atoms with Gasteiger partial charge in [-0.25, -0.2) is 0 Å². The lowest BCUT2D eigenvalue weighted by Gasteiger charge is -2.33. The van der Waals surface area contributed by atoms with Crippen LogP contribution >= 0.6 is 0 Å². The first kappa shape index (κ1) is 17.3. The summed E-state index contributed by atoms with van der Waals surface area (Å²) in [6.07, 6.45) is 6.11. The lowest BCUT2D eigenvalue weighted by Crippen LogP contribution is -2.49. The molecule has 0 bridgehead atoms. The van der Waals surface area contributed by atoms with Crippen molar-refractivity contribution in [1.29, 1.82) is 0 Å². The highest BCUT2D eigenvalue weighted by molar-refractivity contribution is 5.80. The average molecular weight is 333 g/mol. The topological polar surface area (TPSA) is 65.7 Å². The molecule has 1 saturated carbocycles. The lowest BCUT2D eigenvalue weighted by molar-refractivity contribution is 0.197. The van der Waals surface area contributed by atoms with Gasteiger partial charge in [-0.05, 0) is 52.9 Å². The molecule has 0 amide bonds. The maximum absolute atomic E-state index is 5.22. The molecule has 0 unspecified atom stereocenters. The molecule has 0 spiro atoms. The van der Waals surface area contributed by atoms with Crippen molar-refractivity contribution in [3.8, 4) is 0 Å². The van der Waals surface area contributed by atoms with Crippen LogP contribution < -0.4 is 10.6 Å². The van der Waals surface area contributed by atoms with Crippen molar-refractivity contribution in [3.63, 3.8) is 0 Å². The molecule has 2 heterocycles. The summed E-state index contributed by atoms with van der Waals surface area (Å²) in [4.78, 5) is 7.39. The number of hydrogen-bond donors (Lipinski definition) is 2. The monoisotopic (exact) mass is 333 g/mol. The zero-order chi connectivity index (χ0) is 16.9. The van der Waals surface area contributed by atoms with E-state index in [0.717, 1.165) is 43.0 Å². The van der Waals surface area contributed by atoms with E-state index in [-0.39, 0.29) is 0 Å².